The molecule has 1 aliphatic carbocycles. The second-order valence-electron chi connectivity index (χ2n) is 12.5. The van der Waals surface area contributed by atoms with Crippen LogP contribution in [0.1, 0.15) is 70.4 Å². The molecule has 1 amide bonds. The van der Waals surface area contributed by atoms with E-state index in [1.54, 1.807) is 31.2 Å². The van der Waals surface area contributed by atoms with Crippen LogP contribution in [0.2, 0.25) is 10.0 Å². The van der Waals surface area contributed by atoms with Gasteiger partial charge in [0.1, 0.15) is 11.2 Å². The van der Waals surface area contributed by atoms with Gasteiger partial charge >= 0.3 is 0 Å². The van der Waals surface area contributed by atoms with Gasteiger partial charge in [0, 0.05) is 29.1 Å². The fourth-order valence-corrected chi connectivity index (χ4v) is 7.30. The van der Waals surface area contributed by atoms with Crippen molar-refractivity contribution >= 4 is 40.6 Å². The quantitative estimate of drug-likeness (QED) is 0.429. The van der Waals surface area contributed by atoms with E-state index < -0.39 is 34.8 Å². The first kappa shape index (κ1) is 26.6. The van der Waals surface area contributed by atoms with Gasteiger partial charge in [0.25, 0.3) is 0 Å². The van der Waals surface area contributed by atoms with Crippen LogP contribution >= 0.6 is 23.2 Å². The van der Waals surface area contributed by atoms with Gasteiger partial charge in [-0.15, -0.1) is 0 Å². The first-order chi connectivity index (χ1) is 17.2. The average molecular weight is 547 g/mol. The summed E-state index contributed by atoms with van der Waals surface area (Å²) in [6.07, 6.45) is 1.91. The Hall–Kier alpha value is -1.99. The van der Waals surface area contributed by atoms with Crippen LogP contribution in [-0.4, -0.2) is 34.5 Å². The van der Waals surface area contributed by atoms with Crippen molar-refractivity contribution in [1.29, 1.82) is 0 Å². The number of nitrogens with one attached hydrogen (secondary N) is 2. The predicted octanol–water partition coefficient (Wildman–Crippen LogP) is 6.00. The van der Waals surface area contributed by atoms with Crippen LogP contribution in [0, 0.1) is 17.2 Å². The lowest BCUT2D eigenvalue weighted by atomic mass is 9.61. The molecular weight excluding hydrogens is 514 g/mol. The lowest BCUT2D eigenvalue weighted by Gasteiger charge is -2.41. The largest absolute Gasteiger partial charge is 0.390 e. The number of Topliss-reactive ketones (excluding diaryl/α,β-unsaturated/α-hetero) is 1. The van der Waals surface area contributed by atoms with Gasteiger partial charge in [-0.2, -0.15) is 0 Å². The van der Waals surface area contributed by atoms with Crippen molar-refractivity contribution in [3.8, 4) is 0 Å². The van der Waals surface area contributed by atoms with Crippen molar-refractivity contribution in [2.24, 2.45) is 11.3 Å². The minimum Gasteiger partial charge on any atom is -0.390 e. The molecule has 2 fully saturated rings. The Morgan fingerprint density at radius 3 is 2.54 bits per heavy atom. The van der Waals surface area contributed by atoms with Crippen molar-refractivity contribution in [3.05, 3.63) is 63.4 Å². The Kier molecular flexibility index (Phi) is 6.51. The number of benzene rings is 2. The van der Waals surface area contributed by atoms with Gasteiger partial charge < -0.3 is 15.7 Å². The third-order valence-electron chi connectivity index (χ3n) is 8.23. The Bertz CT molecular complexity index is 1270. The minimum atomic E-state index is -1.25. The molecule has 2 aromatic rings. The number of fused-ring (bicyclic) bond motifs is 2. The van der Waals surface area contributed by atoms with Crippen LogP contribution in [0.3, 0.4) is 0 Å². The second-order valence-corrected chi connectivity index (χ2v) is 13.4. The summed E-state index contributed by atoms with van der Waals surface area (Å²) in [7, 11) is 0. The maximum atomic E-state index is 15.7. The molecular formula is C29H33Cl2FN2O3. The third kappa shape index (κ3) is 4.50. The van der Waals surface area contributed by atoms with E-state index in [4.69, 9.17) is 23.2 Å². The molecule has 198 valence electrons. The highest BCUT2D eigenvalue weighted by atomic mass is 35.5. The molecule has 0 aromatic heterocycles. The smallest absolute Gasteiger partial charge is 0.237 e. The number of hydrogen-bond donors (Lipinski definition) is 3. The first-order valence-electron chi connectivity index (χ1n) is 12.8. The molecule has 5 nitrogen and oxygen atoms in total. The number of anilines is 1. The maximum Gasteiger partial charge on any atom is 0.237 e. The standard InChI is InChI=1S/C29H33Cl2FN2O3/c1-27(2,3)14-22-29(18-9-8-16(30)11-20(18)33-26(29)36)23(17-6-5-7-19(31)24(17)32)25(34-22)21(35)10-15-12-28(4,37)13-15/h5-9,11,15,22-23,25,34,37H,10,12-14H2,1-4H3,(H,33,36)/t15?,22-,23-,25-,28?,29+/m0/s1. The molecule has 0 unspecified atom stereocenters. The van der Waals surface area contributed by atoms with Gasteiger partial charge in [-0.3, -0.25) is 9.59 Å². The van der Waals surface area contributed by atoms with Gasteiger partial charge in [0.15, 0.2) is 5.78 Å². The Labute approximate surface area is 227 Å². The number of ketones is 1. The monoisotopic (exact) mass is 546 g/mol. The predicted molar refractivity (Wildman–Crippen MR) is 144 cm³/mol. The van der Waals surface area contributed by atoms with Crippen LogP contribution in [0.15, 0.2) is 36.4 Å². The molecule has 8 heteroatoms. The molecule has 1 saturated heterocycles. The topological polar surface area (TPSA) is 78.4 Å². The van der Waals surface area contributed by atoms with Gasteiger partial charge in [-0.1, -0.05) is 62.2 Å². The number of carbonyl (C=O) groups excluding carboxylic acids is 2. The molecule has 0 radical (unpaired) electrons. The number of hydrogen-bond acceptors (Lipinski definition) is 4. The molecule has 4 atom stereocenters. The van der Waals surface area contributed by atoms with E-state index in [-0.39, 0.29) is 40.0 Å². The highest BCUT2D eigenvalue weighted by Crippen LogP contribution is 2.57. The number of amides is 1. The van der Waals surface area contributed by atoms with Crippen LogP contribution in [0.4, 0.5) is 10.1 Å². The third-order valence-corrected chi connectivity index (χ3v) is 8.76. The molecule has 3 aliphatic rings. The highest BCUT2D eigenvalue weighted by molar-refractivity contribution is 6.31. The van der Waals surface area contributed by atoms with E-state index in [0.29, 0.717) is 35.5 Å². The van der Waals surface area contributed by atoms with Crippen molar-refractivity contribution in [1.82, 2.24) is 5.32 Å². The summed E-state index contributed by atoms with van der Waals surface area (Å²) in [5.41, 5.74) is -0.671. The SMILES string of the molecule is CC(C)(C)C[C@@H]1N[C@@H](C(=O)CC2CC(C)(O)C2)[C@H](c2cccc(Cl)c2F)[C@]12C(=O)Nc1cc(Cl)ccc12. The zero-order valence-corrected chi connectivity index (χ0v) is 23.0. The number of rotatable bonds is 5. The molecule has 0 bridgehead atoms. The van der Waals surface area contributed by atoms with Crippen LogP contribution in [-0.2, 0) is 15.0 Å². The highest BCUT2D eigenvalue weighted by Gasteiger charge is 2.66. The molecule has 37 heavy (non-hydrogen) atoms. The average Bonchev–Trinajstić information content (AvgIpc) is 3.23. The summed E-state index contributed by atoms with van der Waals surface area (Å²) >= 11 is 12.5. The summed E-state index contributed by atoms with van der Waals surface area (Å²) in [6.45, 7) is 8.01. The number of halogens is 3. The van der Waals surface area contributed by atoms with Crippen molar-refractivity contribution in [3.63, 3.8) is 0 Å². The zero-order valence-electron chi connectivity index (χ0n) is 21.5. The minimum absolute atomic E-state index is 0.0512. The first-order valence-corrected chi connectivity index (χ1v) is 13.5. The fourth-order valence-electron chi connectivity index (χ4n) is 6.94. The van der Waals surface area contributed by atoms with E-state index in [2.05, 4.69) is 31.4 Å². The zero-order chi connectivity index (χ0) is 26.9. The number of aliphatic hydroxyl groups is 1. The number of carbonyl (C=O) groups is 2. The summed E-state index contributed by atoms with van der Waals surface area (Å²) in [4.78, 5) is 28.0. The summed E-state index contributed by atoms with van der Waals surface area (Å²) in [5, 5.41) is 17.1. The molecule has 3 N–H and O–H groups in total. The van der Waals surface area contributed by atoms with Crippen LogP contribution in [0.5, 0.6) is 0 Å². The van der Waals surface area contributed by atoms with E-state index in [1.807, 2.05) is 6.07 Å². The van der Waals surface area contributed by atoms with Crippen molar-refractivity contribution in [2.45, 2.75) is 82.4 Å². The normalized spacial score (nSPS) is 32.8. The van der Waals surface area contributed by atoms with Gasteiger partial charge in [-0.25, -0.2) is 4.39 Å². The molecule has 2 aliphatic heterocycles. The van der Waals surface area contributed by atoms with Gasteiger partial charge in [-0.05, 0) is 66.8 Å². The fraction of sp³-hybridized carbons (Fsp3) is 0.517. The maximum absolute atomic E-state index is 15.7. The molecule has 1 saturated carbocycles. The molecule has 2 aromatic carbocycles. The van der Waals surface area contributed by atoms with E-state index in [1.165, 1.54) is 6.07 Å². The van der Waals surface area contributed by atoms with E-state index >= 15 is 4.39 Å². The summed E-state index contributed by atoms with van der Waals surface area (Å²) in [6, 6.07) is 8.75. The summed E-state index contributed by atoms with van der Waals surface area (Å²) in [5.74, 6) is -1.76. The van der Waals surface area contributed by atoms with Crippen LogP contribution in [0.25, 0.3) is 0 Å². The lowest BCUT2D eigenvalue weighted by Crippen LogP contribution is -2.49. The van der Waals surface area contributed by atoms with Gasteiger partial charge in [0.05, 0.1) is 16.7 Å². The molecule has 2 heterocycles. The van der Waals surface area contributed by atoms with Gasteiger partial charge in [0.2, 0.25) is 5.91 Å². The van der Waals surface area contributed by atoms with Crippen molar-refractivity contribution in [2.75, 3.05) is 5.32 Å². The van der Waals surface area contributed by atoms with E-state index in [0.717, 1.165) is 0 Å². The van der Waals surface area contributed by atoms with Crippen molar-refractivity contribution < 1.29 is 19.1 Å². The van der Waals surface area contributed by atoms with E-state index in [9.17, 15) is 14.7 Å². The Morgan fingerprint density at radius 1 is 1.19 bits per heavy atom. The summed E-state index contributed by atoms with van der Waals surface area (Å²) < 4.78 is 15.7. The van der Waals surface area contributed by atoms with Crippen LogP contribution < -0.4 is 10.6 Å². The Balaban J connectivity index is 1.69. The molecule has 1 spiro atoms. The Morgan fingerprint density at radius 2 is 1.89 bits per heavy atom. The second kappa shape index (κ2) is 9.04. The molecule has 5 rings (SSSR count). The lowest BCUT2D eigenvalue weighted by molar-refractivity contribution is -0.126.